The van der Waals surface area contributed by atoms with Crippen LogP contribution in [0.25, 0.3) is 10.6 Å². The van der Waals surface area contributed by atoms with Crippen LogP contribution in [0.1, 0.15) is 33.8 Å². The zero-order chi connectivity index (χ0) is 25.9. The van der Waals surface area contributed by atoms with Gasteiger partial charge in [-0.1, -0.05) is 23.5 Å². The van der Waals surface area contributed by atoms with Gasteiger partial charge in [0.1, 0.15) is 27.6 Å². The second-order valence-electron chi connectivity index (χ2n) is 8.27. The highest BCUT2D eigenvalue weighted by Crippen LogP contribution is 2.30. The molecule has 2 amide bonds. The molecule has 2 aromatic carbocycles. The summed E-state index contributed by atoms with van der Waals surface area (Å²) >= 11 is 1.40. The Morgan fingerprint density at radius 2 is 1.81 bits per heavy atom. The van der Waals surface area contributed by atoms with Crippen molar-refractivity contribution >= 4 is 23.2 Å². The fourth-order valence-electron chi connectivity index (χ4n) is 3.87. The molecule has 0 bridgehead atoms. The molecule has 4 rings (SSSR count). The fourth-order valence-corrected chi connectivity index (χ4v) is 4.56. The summed E-state index contributed by atoms with van der Waals surface area (Å²) in [5.41, 5.74) is 7.14. The second-order valence-corrected chi connectivity index (χ2v) is 9.45. The Kier molecular flexibility index (Phi) is 7.43. The first-order valence-electron chi connectivity index (χ1n) is 11.1. The van der Waals surface area contributed by atoms with Gasteiger partial charge in [0.25, 0.3) is 5.91 Å². The molecule has 0 aliphatic carbocycles. The lowest BCUT2D eigenvalue weighted by molar-refractivity contribution is -0.274. The van der Waals surface area contributed by atoms with Gasteiger partial charge in [-0.25, -0.2) is 0 Å². The molecule has 8 nitrogen and oxygen atoms in total. The minimum Gasteiger partial charge on any atom is -0.489 e. The van der Waals surface area contributed by atoms with Gasteiger partial charge < -0.3 is 20.1 Å². The third-order valence-electron chi connectivity index (χ3n) is 5.62. The molecule has 1 aliphatic rings. The van der Waals surface area contributed by atoms with Crippen LogP contribution >= 0.6 is 11.3 Å². The van der Waals surface area contributed by atoms with Crippen molar-refractivity contribution in [2.24, 2.45) is 5.73 Å². The maximum absolute atomic E-state index is 12.7. The van der Waals surface area contributed by atoms with Crippen LogP contribution in [0, 0.1) is 6.92 Å². The topological polar surface area (TPSA) is 108 Å². The number of carbonyl (C=O) groups is 2. The van der Waals surface area contributed by atoms with Crippen molar-refractivity contribution in [3.63, 3.8) is 0 Å². The first-order chi connectivity index (χ1) is 17.1. The Morgan fingerprint density at radius 1 is 1.11 bits per heavy atom. The van der Waals surface area contributed by atoms with Gasteiger partial charge in [-0.05, 0) is 42.8 Å². The number of carbonyl (C=O) groups excluding carboxylic acids is 2. The molecule has 1 fully saturated rings. The number of ether oxygens (including phenoxy) is 2. The normalized spacial score (nSPS) is 14.5. The van der Waals surface area contributed by atoms with Gasteiger partial charge in [-0.3, -0.25) is 9.59 Å². The lowest BCUT2D eigenvalue weighted by atomic mass is 10.0. The number of primary amides is 1. The van der Waals surface area contributed by atoms with Crippen LogP contribution in [0.15, 0.2) is 42.5 Å². The van der Waals surface area contributed by atoms with Crippen LogP contribution in [-0.2, 0) is 11.2 Å². The molecule has 0 atom stereocenters. The van der Waals surface area contributed by atoms with Gasteiger partial charge in [-0.2, -0.15) is 0 Å². The number of aromatic nitrogens is 2. The number of nitrogens with zero attached hydrogens (tertiary/aromatic N) is 3. The molecule has 190 valence electrons. The van der Waals surface area contributed by atoms with E-state index in [0.29, 0.717) is 42.3 Å². The van der Waals surface area contributed by atoms with E-state index in [9.17, 15) is 22.8 Å². The number of hydrogen-bond acceptors (Lipinski definition) is 7. The standard InChI is InChI=1S/C24H23F3N4O4S/c1-14-29-30-23(36-14)16-4-7-20(19(13-16)22(28)33)34-17-8-10-31(11-9-17)21(32)12-15-2-5-18(6-3-15)35-24(25,26)27/h2-7,13,17H,8-12H2,1H3,(H2,28,33). The van der Waals surface area contributed by atoms with Crippen LogP contribution in [0.5, 0.6) is 11.5 Å². The summed E-state index contributed by atoms with van der Waals surface area (Å²) in [5.74, 6) is -0.711. The first-order valence-corrected chi connectivity index (χ1v) is 11.9. The van der Waals surface area contributed by atoms with Crippen LogP contribution in [0.2, 0.25) is 0 Å². The highest BCUT2D eigenvalue weighted by molar-refractivity contribution is 7.14. The van der Waals surface area contributed by atoms with Gasteiger partial charge in [0.15, 0.2) is 0 Å². The second kappa shape index (κ2) is 10.5. The van der Waals surface area contributed by atoms with E-state index >= 15 is 0 Å². The first kappa shape index (κ1) is 25.4. The van der Waals surface area contributed by atoms with Crippen LogP contribution in [-0.4, -0.2) is 52.5 Å². The van der Waals surface area contributed by atoms with E-state index in [-0.39, 0.29) is 29.7 Å². The molecule has 1 aliphatic heterocycles. The summed E-state index contributed by atoms with van der Waals surface area (Å²) in [7, 11) is 0. The molecule has 2 heterocycles. The Labute approximate surface area is 208 Å². The lowest BCUT2D eigenvalue weighted by Gasteiger charge is -2.32. The smallest absolute Gasteiger partial charge is 0.489 e. The van der Waals surface area contributed by atoms with Crippen molar-refractivity contribution in [2.75, 3.05) is 13.1 Å². The van der Waals surface area contributed by atoms with Crippen LogP contribution in [0.4, 0.5) is 13.2 Å². The number of benzene rings is 2. The van der Waals surface area contributed by atoms with Crippen LogP contribution in [0.3, 0.4) is 0 Å². The van der Waals surface area contributed by atoms with Crippen molar-refractivity contribution in [3.05, 3.63) is 58.6 Å². The van der Waals surface area contributed by atoms with E-state index in [1.54, 1.807) is 23.1 Å². The molecule has 0 spiro atoms. The molecule has 3 aromatic rings. The summed E-state index contributed by atoms with van der Waals surface area (Å²) < 4.78 is 46.8. The van der Waals surface area contributed by atoms with Crippen molar-refractivity contribution in [1.29, 1.82) is 0 Å². The minimum atomic E-state index is -4.76. The number of alkyl halides is 3. The van der Waals surface area contributed by atoms with E-state index in [1.165, 1.54) is 35.6 Å². The summed E-state index contributed by atoms with van der Waals surface area (Å²) in [5, 5.41) is 9.56. The molecule has 36 heavy (non-hydrogen) atoms. The molecule has 0 radical (unpaired) electrons. The van der Waals surface area contributed by atoms with E-state index in [0.717, 1.165) is 10.6 Å². The molecule has 0 saturated carbocycles. The number of aryl methyl sites for hydroxylation is 1. The Balaban J connectivity index is 1.32. The highest BCUT2D eigenvalue weighted by atomic mass is 32.1. The van der Waals surface area contributed by atoms with E-state index in [4.69, 9.17) is 10.5 Å². The predicted octanol–water partition coefficient (Wildman–Crippen LogP) is 4.12. The molecule has 1 saturated heterocycles. The molecule has 0 unspecified atom stereocenters. The van der Waals surface area contributed by atoms with Gasteiger partial charge >= 0.3 is 6.36 Å². The summed E-state index contributed by atoms with van der Waals surface area (Å²) in [4.78, 5) is 26.4. The molecule has 2 N–H and O–H groups in total. The zero-order valence-electron chi connectivity index (χ0n) is 19.2. The molecule has 12 heteroatoms. The zero-order valence-corrected chi connectivity index (χ0v) is 20.1. The van der Waals surface area contributed by atoms with Crippen molar-refractivity contribution in [2.45, 2.75) is 38.7 Å². The Bertz CT molecular complexity index is 1240. The minimum absolute atomic E-state index is 0.0657. The number of likely N-dealkylation sites (tertiary alicyclic amines) is 1. The monoisotopic (exact) mass is 520 g/mol. The average Bonchev–Trinajstić information content (AvgIpc) is 3.26. The number of amides is 2. The number of hydrogen-bond donors (Lipinski definition) is 1. The summed E-state index contributed by atoms with van der Waals surface area (Å²) in [6.07, 6.45) is -3.79. The Hall–Kier alpha value is -3.67. The predicted molar refractivity (Wildman–Crippen MR) is 126 cm³/mol. The third-order valence-corrected chi connectivity index (χ3v) is 6.51. The maximum atomic E-state index is 12.7. The van der Waals surface area contributed by atoms with Gasteiger partial charge in [0, 0.05) is 31.5 Å². The average molecular weight is 521 g/mol. The molecule has 1 aromatic heterocycles. The van der Waals surface area contributed by atoms with Crippen molar-refractivity contribution in [3.8, 4) is 22.1 Å². The largest absolute Gasteiger partial charge is 0.573 e. The van der Waals surface area contributed by atoms with E-state index in [1.807, 2.05) is 6.92 Å². The Morgan fingerprint density at radius 3 is 2.39 bits per heavy atom. The number of rotatable bonds is 7. The third kappa shape index (κ3) is 6.51. The van der Waals surface area contributed by atoms with Crippen molar-refractivity contribution < 1.29 is 32.2 Å². The highest BCUT2D eigenvalue weighted by Gasteiger charge is 2.31. The molecular weight excluding hydrogens is 497 g/mol. The van der Waals surface area contributed by atoms with E-state index < -0.39 is 12.3 Å². The summed E-state index contributed by atoms with van der Waals surface area (Å²) in [6.45, 7) is 2.74. The fraction of sp³-hybridized carbons (Fsp3) is 0.333. The number of halogens is 3. The SMILES string of the molecule is Cc1nnc(-c2ccc(OC3CCN(C(=O)Cc4ccc(OC(F)(F)F)cc4)CC3)c(C(N)=O)c2)s1. The van der Waals surface area contributed by atoms with Gasteiger partial charge in [-0.15, -0.1) is 23.4 Å². The lowest BCUT2D eigenvalue weighted by Crippen LogP contribution is -2.42. The van der Waals surface area contributed by atoms with E-state index in [2.05, 4.69) is 14.9 Å². The van der Waals surface area contributed by atoms with Crippen molar-refractivity contribution in [1.82, 2.24) is 15.1 Å². The van der Waals surface area contributed by atoms with Crippen LogP contribution < -0.4 is 15.2 Å². The number of nitrogens with two attached hydrogens (primary N) is 1. The molecular formula is C24H23F3N4O4S. The maximum Gasteiger partial charge on any atom is 0.573 e. The quantitative estimate of drug-likeness (QED) is 0.502. The van der Waals surface area contributed by atoms with Gasteiger partial charge in [0.05, 0.1) is 12.0 Å². The van der Waals surface area contributed by atoms with Gasteiger partial charge in [0.2, 0.25) is 5.91 Å². The summed E-state index contributed by atoms with van der Waals surface area (Å²) in [6, 6.07) is 10.4. The number of piperidine rings is 1.